The van der Waals surface area contributed by atoms with Gasteiger partial charge in [0.2, 0.25) is 5.91 Å². The van der Waals surface area contributed by atoms with Crippen LogP contribution in [-0.2, 0) is 17.6 Å². The molecule has 0 saturated carbocycles. The minimum absolute atomic E-state index is 0.0503. The molecule has 1 amide bonds. The van der Waals surface area contributed by atoms with Crippen molar-refractivity contribution in [1.82, 2.24) is 15.3 Å². The van der Waals surface area contributed by atoms with E-state index in [1.165, 1.54) is 28.8 Å². The van der Waals surface area contributed by atoms with Gasteiger partial charge in [-0.15, -0.1) is 5.53 Å². The van der Waals surface area contributed by atoms with Crippen LogP contribution in [-0.4, -0.2) is 22.1 Å². The number of hydrazine groups is 2. The van der Waals surface area contributed by atoms with Crippen LogP contribution < -0.4 is 15.9 Å². The van der Waals surface area contributed by atoms with E-state index >= 15 is 0 Å². The van der Waals surface area contributed by atoms with Crippen LogP contribution in [0.3, 0.4) is 0 Å². The maximum Gasteiger partial charge on any atom is 0.234 e. The average molecular weight is 334 g/mol. The number of hydrogen-bond donors (Lipinski definition) is 2. The third-order valence-electron chi connectivity index (χ3n) is 3.76. The lowest BCUT2D eigenvalue weighted by Gasteiger charge is -2.26. The monoisotopic (exact) mass is 334 g/mol. The van der Waals surface area contributed by atoms with Crippen molar-refractivity contribution in [1.29, 1.82) is 0 Å². The summed E-state index contributed by atoms with van der Waals surface area (Å²) in [5, 5.41) is 4.73. The number of aryl methyl sites for hydroxylation is 2. The van der Waals surface area contributed by atoms with Gasteiger partial charge in [-0.3, -0.25) is 9.80 Å². The van der Waals surface area contributed by atoms with Crippen LogP contribution >= 0.6 is 11.9 Å². The molecule has 1 unspecified atom stereocenters. The van der Waals surface area contributed by atoms with Crippen LogP contribution in [0.1, 0.15) is 38.8 Å². The van der Waals surface area contributed by atoms with Crippen molar-refractivity contribution in [3.8, 4) is 0 Å². The van der Waals surface area contributed by atoms with Crippen molar-refractivity contribution in [2.75, 3.05) is 11.6 Å². The van der Waals surface area contributed by atoms with Gasteiger partial charge in [0.15, 0.2) is 0 Å². The smallest absolute Gasteiger partial charge is 0.234 e. The fourth-order valence-corrected chi connectivity index (χ4v) is 3.32. The number of carbonyl (C=O) groups excluding carboxylic acids is 1. The molecule has 0 bridgehead atoms. The summed E-state index contributed by atoms with van der Waals surface area (Å²) in [5.41, 5.74) is 7.15. The summed E-state index contributed by atoms with van der Waals surface area (Å²) >= 11 is 1.46. The van der Waals surface area contributed by atoms with Gasteiger partial charge in [-0.05, 0) is 49.8 Å². The van der Waals surface area contributed by atoms with Crippen LogP contribution in [0, 0.1) is 0 Å². The molecule has 0 aliphatic carbocycles. The molecule has 23 heavy (non-hydrogen) atoms. The molecule has 6 heteroatoms. The largest absolute Gasteiger partial charge is 0.355 e. The van der Waals surface area contributed by atoms with E-state index in [0.717, 1.165) is 12.8 Å². The van der Waals surface area contributed by atoms with Gasteiger partial charge in [0.25, 0.3) is 0 Å². The van der Waals surface area contributed by atoms with E-state index in [1.807, 2.05) is 35.7 Å². The Kier molecular flexibility index (Phi) is 6.36. The summed E-state index contributed by atoms with van der Waals surface area (Å²) in [7, 11) is 0. The fourth-order valence-electron chi connectivity index (χ4n) is 2.54. The lowest BCUT2D eigenvalue weighted by Crippen LogP contribution is -2.39. The fraction of sp³-hybridized carbons (Fsp3) is 0.471. The molecule has 0 radical (unpaired) electrons. The molecule has 1 aliphatic rings. The zero-order valence-electron chi connectivity index (χ0n) is 14.3. The number of nitrogens with one attached hydrogen (secondary N) is 2. The number of rotatable bonds is 7. The molecule has 0 saturated heterocycles. The Morgan fingerprint density at radius 1 is 1.22 bits per heavy atom. The van der Waals surface area contributed by atoms with Crippen molar-refractivity contribution in [3.05, 3.63) is 41.7 Å². The number of carbonyl (C=O) groups is 1. The number of anilines is 1. The van der Waals surface area contributed by atoms with Crippen LogP contribution in [0.5, 0.6) is 0 Å². The average Bonchev–Trinajstić information content (AvgIpc) is 3.02. The third-order valence-corrected chi connectivity index (χ3v) is 4.72. The van der Waals surface area contributed by atoms with E-state index in [2.05, 4.69) is 42.9 Å². The van der Waals surface area contributed by atoms with E-state index in [9.17, 15) is 4.79 Å². The predicted octanol–water partition coefficient (Wildman–Crippen LogP) is 3.00. The molecular weight excluding hydrogens is 308 g/mol. The Hall–Kier alpha value is -1.66. The lowest BCUT2D eigenvalue weighted by atomic mass is 10.0. The zero-order valence-corrected chi connectivity index (χ0v) is 15.1. The summed E-state index contributed by atoms with van der Waals surface area (Å²) in [6.07, 6.45) is 5.92. The Bertz CT molecular complexity index is 553. The highest BCUT2D eigenvalue weighted by Gasteiger charge is 2.22. The Morgan fingerprint density at radius 2 is 1.87 bits per heavy atom. The van der Waals surface area contributed by atoms with Gasteiger partial charge in [0.05, 0.1) is 5.69 Å². The van der Waals surface area contributed by atoms with E-state index < -0.39 is 0 Å². The quantitative estimate of drug-likeness (QED) is 0.751. The molecule has 0 spiro atoms. The highest BCUT2D eigenvalue weighted by molar-refractivity contribution is 7.98. The van der Waals surface area contributed by atoms with Crippen LogP contribution in [0.4, 0.5) is 5.69 Å². The summed E-state index contributed by atoms with van der Waals surface area (Å²) < 4.78 is 1.88. The van der Waals surface area contributed by atoms with Gasteiger partial charge in [-0.2, -0.15) is 0 Å². The summed E-state index contributed by atoms with van der Waals surface area (Å²) in [6.45, 7) is 8.83. The first kappa shape index (κ1) is 17.7. The van der Waals surface area contributed by atoms with Gasteiger partial charge in [-0.25, -0.2) is 4.41 Å². The number of amides is 1. The molecular formula is C17H26N4OS. The van der Waals surface area contributed by atoms with Crippen molar-refractivity contribution >= 4 is 23.5 Å². The standard InChI is InChI=1S/C17H26N4OS/c1-5-14-9-8-10-15(6-2)16(14)20-11-12-21(19-20)23-13(4)17(22)18-7-3/h8-13,19H,5-7H2,1-4H3,(H,18,22). The summed E-state index contributed by atoms with van der Waals surface area (Å²) in [4.78, 5) is 11.9. The molecule has 126 valence electrons. The minimum atomic E-state index is -0.154. The molecule has 2 rings (SSSR count). The lowest BCUT2D eigenvalue weighted by molar-refractivity contribution is -0.120. The molecule has 1 heterocycles. The molecule has 2 N–H and O–H groups in total. The van der Waals surface area contributed by atoms with Crippen LogP contribution in [0.15, 0.2) is 30.6 Å². The SMILES string of the molecule is CCNC(=O)C(C)SN1C=CN(c2c(CC)cccc2CC)N1. The second-order valence-electron chi connectivity index (χ2n) is 5.37. The molecule has 1 aliphatic heterocycles. The normalized spacial score (nSPS) is 15.1. The highest BCUT2D eigenvalue weighted by atomic mass is 32.2. The number of benzene rings is 1. The molecule has 0 aromatic heterocycles. The number of hydrogen-bond acceptors (Lipinski definition) is 5. The maximum absolute atomic E-state index is 11.9. The minimum Gasteiger partial charge on any atom is -0.355 e. The van der Waals surface area contributed by atoms with Crippen molar-refractivity contribution in [2.45, 2.75) is 45.8 Å². The van der Waals surface area contributed by atoms with E-state index in [4.69, 9.17) is 0 Å². The molecule has 0 fully saturated rings. The van der Waals surface area contributed by atoms with E-state index in [1.54, 1.807) is 0 Å². The second kappa shape index (κ2) is 8.26. The maximum atomic E-state index is 11.9. The van der Waals surface area contributed by atoms with Crippen LogP contribution in [0.25, 0.3) is 0 Å². The Balaban J connectivity index is 2.07. The van der Waals surface area contributed by atoms with Gasteiger partial charge < -0.3 is 5.32 Å². The van der Waals surface area contributed by atoms with Crippen molar-refractivity contribution in [2.24, 2.45) is 0 Å². The molecule has 5 nitrogen and oxygen atoms in total. The second-order valence-corrected chi connectivity index (χ2v) is 6.68. The van der Waals surface area contributed by atoms with Crippen molar-refractivity contribution in [3.63, 3.8) is 0 Å². The first-order chi connectivity index (χ1) is 11.1. The summed E-state index contributed by atoms with van der Waals surface area (Å²) in [6, 6.07) is 6.44. The van der Waals surface area contributed by atoms with Gasteiger partial charge in [0.1, 0.15) is 5.25 Å². The third kappa shape index (κ3) is 4.20. The first-order valence-electron chi connectivity index (χ1n) is 8.18. The topological polar surface area (TPSA) is 47.6 Å². The van der Waals surface area contributed by atoms with Crippen molar-refractivity contribution < 1.29 is 4.79 Å². The van der Waals surface area contributed by atoms with E-state index in [-0.39, 0.29) is 11.2 Å². The molecule has 1 atom stereocenters. The number of nitrogens with zero attached hydrogens (tertiary/aromatic N) is 2. The van der Waals surface area contributed by atoms with Gasteiger partial charge in [0, 0.05) is 18.9 Å². The van der Waals surface area contributed by atoms with E-state index in [0.29, 0.717) is 6.54 Å². The Labute approximate surface area is 143 Å². The first-order valence-corrected chi connectivity index (χ1v) is 9.02. The number of para-hydroxylation sites is 1. The predicted molar refractivity (Wildman–Crippen MR) is 97.5 cm³/mol. The van der Waals surface area contributed by atoms with Gasteiger partial charge in [-0.1, -0.05) is 32.0 Å². The zero-order chi connectivity index (χ0) is 16.8. The molecule has 1 aromatic carbocycles. The summed E-state index contributed by atoms with van der Waals surface area (Å²) in [5.74, 6) is 0.0503. The molecule has 1 aromatic rings. The van der Waals surface area contributed by atoms with Gasteiger partial charge >= 0.3 is 0 Å². The Morgan fingerprint density at radius 3 is 2.43 bits per heavy atom. The highest BCUT2D eigenvalue weighted by Crippen LogP contribution is 2.29. The van der Waals surface area contributed by atoms with Crippen LogP contribution in [0.2, 0.25) is 0 Å².